The molecule has 0 N–H and O–H groups in total. The van der Waals surface area contributed by atoms with Crippen molar-refractivity contribution in [2.75, 3.05) is 0 Å². The summed E-state index contributed by atoms with van der Waals surface area (Å²) in [6.45, 7) is 5.89. The third-order valence-electron chi connectivity index (χ3n) is 3.27. The van der Waals surface area contributed by atoms with Crippen molar-refractivity contribution in [2.45, 2.75) is 26.7 Å². The Hall–Kier alpha value is -1.94. The predicted molar refractivity (Wildman–Crippen MR) is 82.4 cm³/mol. The van der Waals surface area contributed by atoms with Gasteiger partial charge in [0.2, 0.25) is 5.89 Å². The van der Waals surface area contributed by atoms with E-state index in [1.165, 1.54) is 0 Å². The first-order valence-corrected chi connectivity index (χ1v) is 7.39. The second-order valence-electron chi connectivity index (χ2n) is 5.10. The zero-order chi connectivity index (χ0) is 14.3. The van der Waals surface area contributed by atoms with Crippen molar-refractivity contribution in [3.8, 4) is 10.4 Å². The largest absolute Gasteiger partial charge is 0.408 e. The van der Waals surface area contributed by atoms with Crippen LogP contribution in [0.25, 0.3) is 20.7 Å². The molecule has 0 aliphatic heterocycles. The number of hydrogen-bond acceptors (Lipinski definition) is 4. The number of rotatable bonds is 2. The van der Waals surface area contributed by atoms with Crippen molar-refractivity contribution in [3.63, 3.8) is 0 Å². The van der Waals surface area contributed by atoms with Gasteiger partial charge in [-0.25, -0.2) is 9.78 Å². The maximum Gasteiger partial charge on any atom is 0.348 e. The summed E-state index contributed by atoms with van der Waals surface area (Å²) in [5, 5.41) is 0.609. The van der Waals surface area contributed by atoms with Crippen molar-refractivity contribution in [1.82, 2.24) is 4.98 Å². The zero-order valence-electron chi connectivity index (χ0n) is 11.6. The van der Waals surface area contributed by atoms with E-state index in [1.54, 1.807) is 11.3 Å². The van der Waals surface area contributed by atoms with E-state index in [1.807, 2.05) is 51.1 Å². The van der Waals surface area contributed by atoms with E-state index in [2.05, 4.69) is 4.98 Å². The van der Waals surface area contributed by atoms with Gasteiger partial charge in [-0.05, 0) is 18.1 Å². The van der Waals surface area contributed by atoms with Crippen LogP contribution in [-0.4, -0.2) is 4.98 Å². The molecule has 0 atom stereocenters. The fourth-order valence-corrected chi connectivity index (χ4v) is 3.37. The maximum absolute atomic E-state index is 12.2. The lowest BCUT2D eigenvalue weighted by atomic mass is 10.1. The van der Waals surface area contributed by atoms with Crippen LogP contribution in [0.1, 0.15) is 31.2 Å². The van der Waals surface area contributed by atoms with Crippen LogP contribution in [0.5, 0.6) is 0 Å². The van der Waals surface area contributed by atoms with Crippen LogP contribution in [0.2, 0.25) is 0 Å². The van der Waals surface area contributed by atoms with Gasteiger partial charge in [-0.3, -0.25) is 0 Å². The lowest BCUT2D eigenvalue weighted by Crippen LogP contribution is -2.05. The molecule has 0 bridgehead atoms. The molecule has 3 aromatic rings. The Balaban J connectivity index is 2.30. The molecule has 0 spiro atoms. The van der Waals surface area contributed by atoms with Crippen LogP contribution in [0.4, 0.5) is 0 Å². The lowest BCUT2D eigenvalue weighted by molar-refractivity contribution is 0.425. The fraction of sp³-hybridized carbons (Fsp3) is 0.250. The molecule has 0 unspecified atom stereocenters. The van der Waals surface area contributed by atoms with Gasteiger partial charge in [-0.15, -0.1) is 11.3 Å². The molecule has 4 heteroatoms. The molecule has 0 aliphatic carbocycles. The summed E-state index contributed by atoms with van der Waals surface area (Å²) < 4.78 is 5.32. The minimum Gasteiger partial charge on any atom is -0.408 e. The molecule has 0 aliphatic rings. The van der Waals surface area contributed by atoms with E-state index >= 15 is 0 Å². The molecule has 0 saturated heterocycles. The highest BCUT2D eigenvalue weighted by molar-refractivity contribution is 7.22. The average molecular weight is 285 g/mol. The second-order valence-corrected chi connectivity index (χ2v) is 6.10. The first-order valence-electron chi connectivity index (χ1n) is 6.57. The zero-order valence-corrected chi connectivity index (χ0v) is 12.5. The highest BCUT2D eigenvalue weighted by Crippen LogP contribution is 2.36. The fourth-order valence-electron chi connectivity index (χ4n) is 2.20. The molecular weight excluding hydrogens is 270 g/mol. The smallest absolute Gasteiger partial charge is 0.348 e. The minimum absolute atomic E-state index is 0.106. The van der Waals surface area contributed by atoms with Crippen LogP contribution < -0.4 is 5.63 Å². The molecule has 3 nitrogen and oxygen atoms in total. The van der Waals surface area contributed by atoms with Crippen LogP contribution in [0.3, 0.4) is 0 Å². The van der Waals surface area contributed by atoms with Crippen LogP contribution in [0.15, 0.2) is 39.5 Å². The second kappa shape index (κ2) is 4.87. The Kier molecular flexibility index (Phi) is 3.18. The normalized spacial score (nSPS) is 11.4. The van der Waals surface area contributed by atoms with Crippen LogP contribution >= 0.6 is 11.3 Å². The number of fused-ring (bicyclic) bond motifs is 1. The maximum atomic E-state index is 12.2. The van der Waals surface area contributed by atoms with Crippen molar-refractivity contribution in [3.05, 3.63) is 52.2 Å². The van der Waals surface area contributed by atoms with Gasteiger partial charge in [0.15, 0.2) is 0 Å². The van der Waals surface area contributed by atoms with Gasteiger partial charge in [0.25, 0.3) is 0 Å². The topological polar surface area (TPSA) is 43.1 Å². The van der Waals surface area contributed by atoms with E-state index in [0.717, 1.165) is 20.8 Å². The van der Waals surface area contributed by atoms with E-state index in [0.29, 0.717) is 11.3 Å². The standard InChI is InChI=1S/C16H15NO2S/c1-9(2)14-17-15-12(16(18)19-14)10(3)13(20-15)11-7-5-4-6-8-11/h4-9H,1-3H3. The van der Waals surface area contributed by atoms with E-state index in [4.69, 9.17) is 4.42 Å². The minimum atomic E-state index is -0.283. The van der Waals surface area contributed by atoms with Crippen molar-refractivity contribution < 1.29 is 4.42 Å². The molecule has 3 rings (SSSR count). The molecule has 0 fully saturated rings. The number of aromatic nitrogens is 1. The van der Waals surface area contributed by atoms with Gasteiger partial charge in [0.05, 0.1) is 0 Å². The number of nitrogens with zero attached hydrogens (tertiary/aromatic N) is 1. The third kappa shape index (κ3) is 2.06. The van der Waals surface area contributed by atoms with E-state index < -0.39 is 0 Å². The Bertz CT molecular complexity index is 816. The van der Waals surface area contributed by atoms with Crippen molar-refractivity contribution in [2.24, 2.45) is 0 Å². The van der Waals surface area contributed by atoms with Crippen molar-refractivity contribution in [1.29, 1.82) is 0 Å². The Labute approximate surface area is 120 Å². The molecule has 0 saturated carbocycles. The quantitative estimate of drug-likeness (QED) is 0.703. The summed E-state index contributed by atoms with van der Waals surface area (Å²) in [6.07, 6.45) is 0. The number of benzene rings is 1. The number of aryl methyl sites for hydroxylation is 1. The molecule has 102 valence electrons. The lowest BCUT2D eigenvalue weighted by Gasteiger charge is -2.01. The predicted octanol–water partition coefficient (Wildman–Crippen LogP) is 4.35. The Morgan fingerprint density at radius 3 is 2.55 bits per heavy atom. The first kappa shape index (κ1) is 13.1. The van der Waals surface area contributed by atoms with Gasteiger partial charge in [0.1, 0.15) is 10.2 Å². The highest BCUT2D eigenvalue weighted by Gasteiger charge is 2.17. The molecule has 2 heterocycles. The number of thiophene rings is 1. The monoisotopic (exact) mass is 285 g/mol. The van der Waals surface area contributed by atoms with Crippen LogP contribution in [0, 0.1) is 6.92 Å². The molecule has 1 aromatic carbocycles. The van der Waals surface area contributed by atoms with Gasteiger partial charge in [-0.2, -0.15) is 0 Å². The first-order chi connectivity index (χ1) is 9.58. The summed E-state index contributed by atoms with van der Waals surface area (Å²) in [4.78, 5) is 18.5. The molecular formula is C16H15NO2S. The molecule has 0 amide bonds. The summed E-state index contributed by atoms with van der Waals surface area (Å²) >= 11 is 1.55. The molecule has 2 aromatic heterocycles. The van der Waals surface area contributed by atoms with Gasteiger partial charge in [-0.1, -0.05) is 44.2 Å². The van der Waals surface area contributed by atoms with Gasteiger partial charge >= 0.3 is 5.63 Å². The third-order valence-corrected chi connectivity index (χ3v) is 4.51. The van der Waals surface area contributed by atoms with E-state index in [9.17, 15) is 4.79 Å². The summed E-state index contributed by atoms with van der Waals surface area (Å²) in [5.74, 6) is 0.609. The molecule has 0 radical (unpaired) electrons. The van der Waals surface area contributed by atoms with Crippen molar-refractivity contribution >= 4 is 21.6 Å². The summed E-state index contributed by atoms with van der Waals surface area (Å²) in [5.41, 5.74) is 1.78. The van der Waals surface area contributed by atoms with Gasteiger partial charge in [0, 0.05) is 10.8 Å². The molecule has 20 heavy (non-hydrogen) atoms. The van der Waals surface area contributed by atoms with Gasteiger partial charge < -0.3 is 4.42 Å². The summed E-state index contributed by atoms with van der Waals surface area (Å²) in [6, 6.07) is 10.1. The highest BCUT2D eigenvalue weighted by atomic mass is 32.1. The Morgan fingerprint density at radius 1 is 1.20 bits per heavy atom. The van der Waals surface area contributed by atoms with E-state index in [-0.39, 0.29) is 11.5 Å². The Morgan fingerprint density at radius 2 is 1.90 bits per heavy atom. The SMILES string of the molecule is Cc1c(-c2ccccc2)sc2nc(C(C)C)oc(=O)c12. The van der Waals surface area contributed by atoms with Crippen LogP contribution in [-0.2, 0) is 0 Å². The average Bonchev–Trinajstić information content (AvgIpc) is 2.77. The summed E-state index contributed by atoms with van der Waals surface area (Å²) in [7, 11) is 0. The number of hydrogen-bond donors (Lipinski definition) is 0.